The number of hydrogen-bond donors (Lipinski definition) is 1. The number of sulfone groups is 1. The van der Waals surface area contributed by atoms with Crippen LogP contribution in [0.2, 0.25) is 0 Å². The number of nitrogens with one attached hydrogen (secondary N) is 1. The summed E-state index contributed by atoms with van der Waals surface area (Å²) in [4.78, 5) is 2.19. The molecule has 1 unspecified atom stereocenters. The molecule has 1 rings (SSSR count). The highest BCUT2D eigenvalue weighted by molar-refractivity contribution is 8.01. The zero-order valence-corrected chi connectivity index (χ0v) is 14.6. The average Bonchev–Trinajstić information content (AvgIpc) is 2.46. The second-order valence-electron chi connectivity index (χ2n) is 5.33. The van der Waals surface area contributed by atoms with Crippen LogP contribution in [0, 0.1) is 0 Å². The molecule has 0 amide bonds. The molecule has 0 aromatic carbocycles. The molecule has 0 aliphatic carbocycles. The van der Waals surface area contributed by atoms with Gasteiger partial charge in [-0.15, -0.1) is 0 Å². The van der Waals surface area contributed by atoms with E-state index in [4.69, 9.17) is 0 Å². The van der Waals surface area contributed by atoms with Crippen molar-refractivity contribution in [1.29, 1.82) is 0 Å². The quantitative estimate of drug-likeness (QED) is 0.623. The van der Waals surface area contributed by atoms with Crippen LogP contribution in [0.5, 0.6) is 0 Å². The third-order valence-corrected chi connectivity index (χ3v) is 7.07. The van der Waals surface area contributed by atoms with E-state index in [1.807, 2.05) is 0 Å². The molecule has 0 saturated carbocycles. The van der Waals surface area contributed by atoms with Crippen LogP contribution in [0.4, 0.5) is 0 Å². The predicted molar refractivity (Wildman–Crippen MR) is 89.2 cm³/mol. The van der Waals surface area contributed by atoms with Crippen molar-refractivity contribution in [2.45, 2.75) is 44.9 Å². The van der Waals surface area contributed by atoms with Crippen LogP contribution in [-0.4, -0.2) is 62.1 Å². The summed E-state index contributed by atoms with van der Waals surface area (Å²) in [5.74, 6) is 2.07. The largest absolute Gasteiger partial charge is 0.317 e. The fraction of sp³-hybridized carbons (Fsp3) is 1.00. The molecule has 1 aliphatic heterocycles. The topological polar surface area (TPSA) is 49.4 Å². The molecular weight excluding hydrogens is 292 g/mol. The van der Waals surface area contributed by atoms with E-state index in [1.54, 1.807) is 18.7 Å². The van der Waals surface area contributed by atoms with Gasteiger partial charge in [-0.05, 0) is 38.9 Å². The first kappa shape index (κ1) is 18.3. The van der Waals surface area contributed by atoms with Crippen molar-refractivity contribution in [3.8, 4) is 0 Å². The summed E-state index contributed by atoms with van der Waals surface area (Å²) in [7, 11) is -2.93. The summed E-state index contributed by atoms with van der Waals surface area (Å²) >= 11 is 1.77. The Kier molecular flexibility index (Phi) is 9.16. The van der Waals surface area contributed by atoms with Crippen molar-refractivity contribution in [1.82, 2.24) is 10.2 Å². The average molecular weight is 323 g/mol. The number of thioether (sulfide) groups is 1. The number of unbranched alkanes of at least 4 members (excludes halogenated alkanes) is 2. The van der Waals surface area contributed by atoms with Crippen LogP contribution in [0.1, 0.15) is 39.5 Å². The molecular formula is C14H30N2O2S2. The van der Waals surface area contributed by atoms with Crippen LogP contribution in [-0.2, 0) is 9.84 Å². The van der Waals surface area contributed by atoms with Crippen molar-refractivity contribution >= 4 is 21.6 Å². The van der Waals surface area contributed by atoms with Gasteiger partial charge >= 0.3 is 0 Å². The fourth-order valence-electron chi connectivity index (χ4n) is 2.44. The molecule has 1 fully saturated rings. The van der Waals surface area contributed by atoms with E-state index in [2.05, 4.69) is 17.1 Å². The molecule has 4 nitrogen and oxygen atoms in total. The van der Waals surface area contributed by atoms with Crippen molar-refractivity contribution < 1.29 is 8.42 Å². The highest BCUT2D eigenvalue weighted by Gasteiger charge is 2.32. The van der Waals surface area contributed by atoms with Gasteiger partial charge in [0.25, 0.3) is 0 Å². The number of hydrogen-bond acceptors (Lipinski definition) is 5. The van der Waals surface area contributed by atoms with E-state index in [9.17, 15) is 8.42 Å². The molecule has 6 heteroatoms. The van der Waals surface area contributed by atoms with Gasteiger partial charge in [0.15, 0.2) is 9.84 Å². The van der Waals surface area contributed by atoms with Crippen molar-refractivity contribution in [2.24, 2.45) is 0 Å². The minimum atomic E-state index is -2.93. The van der Waals surface area contributed by atoms with Crippen LogP contribution >= 0.6 is 11.8 Å². The van der Waals surface area contributed by atoms with E-state index in [0.717, 1.165) is 44.1 Å². The Bertz CT molecular complexity index is 347. The van der Waals surface area contributed by atoms with Gasteiger partial charge in [-0.3, -0.25) is 4.90 Å². The molecule has 0 aromatic heterocycles. The Morgan fingerprint density at radius 1 is 1.20 bits per heavy atom. The maximum absolute atomic E-state index is 12.1. The Morgan fingerprint density at radius 2 is 2.00 bits per heavy atom. The molecule has 1 heterocycles. The zero-order chi connectivity index (χ0) is 14.8. The Labute approximate surface area is 129 Å². The zero-order valence-electron chi connectivity index (χ0n) is 12.9. The molecule has 0 spiro atoms. The smallest absolute Gasteiger partial charge is 0.166 e. The molecule has 1 aliphatic rings. The van der Waals surface area contributed by atoms with Gasteiger partial charge in [0, 0.05) is 23.8 Å². The maximum atomic E-state index is 12.1. The fourth-order valence-corrected chi connectivity index (χ4v) is 5.55. The normalized spacial score (nSPS) is 21.2. The first-order valence-corrected chi connectivity index (χ1v) is 10.7. The Hall–Kier alpha value is 0.220. The van der Waals surface area contributed by atoms with Crippen LogP contribution in [0.3, 0.4) is 0 Å². The predicted octanol–water partition coefficient (Wildman–Crippen LogP) is 1.97. The lowest BCUT2D eigenvalue weighted by Gasteiger charge is -2.34. The summed E-state index contributed by atoms with van der Waals surface area (Å²) in [5, 5.41) is 3.16. The maximum Gasteiger partial charge on any atom is 0.166 e. The van der Waals surface area contributed by atoms with Gasteiger partial charge in [-0.1, -0.05) is 20.3 Å². The van der Waals surface area contributed by atoms with Crippen molar-refractivity contribution in [2.75, 3.05) is 43.4 Å². The highest BCUT2D eigenvalue weighted by Crippen LogP contribution is 2.21. The van der Waals surface area contributed by atoms with E-state index in [-0.39, 0.29) is 11.1 Å². The first-order valence-electron chi connectivity index (χ1n) is 7.86. The lowest BCUT2D eigenvalue weighted by atomic mass is 10.2. The summed E-state index contributed by atoms with van der Waals surface area (Å²) in [5.41, 5.74) is 0. The standard InChI is InChI=1S/C14H30N2O2S2/c1-3-8-15-9-6-5-7-10-16-11-12-19-13-14(16)20(17,18)4-2/h14-15H,3-13H2,1-2H3. The SMILES string of the molecule is CCCNCCCCCN1CCSCC1S(=O)(=O)CC. The lowest BCUT2D eigenvalue weighted by molar-refractivity contribution is 0.263. The Morgan fingerprint density at radius 3 is 2.70 bits per heavy atom. The van der Waals surface area contributed by atoms with Gasteiger partial charge < -0.3 is 5.32 Å². The van der Waals surface area contributed by atoms with Crippen LogP contribution < -0.4 is 5.32 Å². The van der Waals surface area contributed by atoms with Crippen LogP contribution in [0.25, 0.3) is 0 Å². The second kappa shape index (κ2) is 10.0. The van der Waals surface area contributed by atoms with Crippen LogP contribution in [0.15, 0.2) is 0 Å². The van der Waals surface area contributed by atoms with Crippen molar-refractivity contribution in [3.63, 3.8) is 0 Å². The van der Waals surface area contributed by atoms with Crippen molar-refractivity contribution in [3.05, 3.63) is 0 Å². The van der Waals surface area contributed by atoms with Gasteiger partial charge in [-0.25, -0.2) is 8.42 Å². The summed E-state index contributed by atoms with van der Waals surface area (Å²) in [6.45, 7) is 7.96. The summed E-state index contributed by atoms with van der Waals surface area (Å²) < 4.78 is 24.2. The monoisotopic (exact) mass is 322 g/mol. The third kappa shape index (κ3) is 6.33. The minimum absolute atomic E-state index is 0.246. The molecule has 1 saturated heterocycles. The molecule has 0 aromatic rings. The van der Waals surface area contributed by atoms with Gasteiger partial charge in [0.05, 0.1) is 0 Å². The molecule has 1 N–H and O–H groups in total. The number of rotatable bonds is 10. The highest BCUT2D eigenvalue weighted by atomic mass is 32.2. The molecule has 120 valence electrons. The first-order chi connectivity index (χ1) is 9.61. The van der Waals surface area contributed by atoms with E-state index < -0.39 is 9.84 Å². The van der Waals surface area contributed by atoms with Gasteiger partial charge in [-0.2, -0.15) is 11.8 Å². The minimum Gasteiger partial charge on any atom is -0.317 e. The van der Waals surface area contributed by atoms with Gasteiger partial charge in [0.1, 0.15) is 5.37 Å². The molecule has 20 heavy (non-hydrogen) atoms. The summed E-state index contributed by atoms with van der Waals surface area (Å²) in [6, 6.07) is 0. The van der Waals surface area contributed by atoms with E-state index >= 15 is 0 Å². The molecule has 1 atom stereocenters. The number of nitrogens with zero attached hydrogens (tertiary/aromatic N) is 1. The Balaban J connectivity index is 2.26. The lowest BCUT2D eigenvalue weighted by Crippen LogP contribution is -2.48. The third-order valence-electron chi connectivity index (χ3n) is 3.73. The van der Waals surface area contributed by atoms with E-state index in [1.165, 1.54) is 19.3 Å². The van der Waals surface area contributed by atoms with E-state index in [0.29, 0.717) is 0 Å². The second-order valence-corrected chi connectivity index (χ2v) is 8.92. The summed E-state index contributed by atoms with van der Waals surface area (Å²) in [6.07, 6.45) is 4.66. The molecule has 0 bridgehead atoms. The van der Waals surface area contributed by atoms with Gasteiger partial charge in [0.2, 0.25) is 0 Å². The molecule has 0 radical (unpaired) electrons.